The summed E-state index contributed by atoms with van der Waals surface area (Å²) in [5.41, 5.74) is 6.76. The molecule has 1 aromatic rings. The van der Waals surface area contributed by atoms with Gasteiger partial charge in [0.25, 0.3) is 0 Å². The fourth-order valence-corrected chi connectivity index (χ4v) is 2.81. The van der Waals surface area contributed by atoms with Crippen LogP contribution >= 0.6 is 24.0 Å². The van der Waals surface area contributed by atoms with Gasteiger partial charge in [-0.25, -0.2) is 0 Å². The monoisotopic (exact) mass is 346 g/mol. The van der Waals surface area contributed by atoms with E-state index < -0.39 is 0 Å². The molecule has 4 nitrogen and oxygen atoms in total. The van der Waals surface area contributed by atoms with Gasteiger partial charge >= 0.3 is 0 Å². The van der Waals surface area contributed by atoms with Crippen molar-refractivity contribution in [1.82, 2.24) is 5.32 Å². The van der Waals surface area contributed by atoms with Crippen molar-refractivity contribution in [2.45, 2.75) is 45.2 Å². The molecule has 0 aliphatic heterocycles. The lowest BCUT2D eigenvalue weighted by Crippen LogP contribution is -2.30. The van der Waals surface area contributed by atoms with Crippen molar-refractivity contribution in [1.29, 1.82) is 0 Å². The molecule has 0 aromatic heterocycles. The number of nitrogens with two attached hydrogens (primary N) is 1. The van der Waals surface area contributed by atoms with Gasteiger partial charge in [0.1, 0.15) is 5.75 Å². The second-order valence-corrected chi connectivity index (χ2v) is 6.02. The summed E-state index contributed by atoms with van der Waals surface area (Å²) in [6.45, 7) is 3.14. The number of hydrogen-bond donors (Lipinski definition) is 2. The minimum absolute atomic E-state index is 0. The third kappa shape index (κ3) is 5.34. The lowest BCUT2D eigenvalue weighted by molar-refractivity contribution is -0.125. The topological polar surface area (TPSA) is 64.3 Å². The van der Waals surface area contributed by atoms with E-state index in [2.05, 4.69) is 12.2 Å². The Morgan fingerprint density at radius 1 is 1.45 bits per heavy atom. The third-order valence-electron chi connectivity index (χ3n) is 3.78. The molecule has 0 radical (unpaired) electrons. The number of carbonyl (C=O) groups excluding carboxylic acids is 1. The number of carbonyl (C=O) groups is 1. The van der Waals surface area contributed by atoms with Gasteiger partial charge in [-0.1, -0.05) is 18.5 Å². The van der Waals surface area contributed by atoms with Crippen LogP contribution in [0.3, 0.4) is 0 Å². The molecule has 3 N–H and O–H groups in total. The predicted octanol–water partition coefficient (Wildman–Crippen LogP) is 3.29. The number of hydrogen-bond acceptors (Lipinski definition) is 3. The van der Waals surface area contributed by atoms with Crippen LogP contribution in [0.15, 0.2) is 18.2 Å². The maximum atomic E-state index is 12.1. The van der Waals surface area contributed by atoms with Crippen LogP contribution < -0.4 is 15.8 Å². The van der Waals surface area contributed by atoms with Crippen molar-refractivity contribution in [3.05, 3.63) is 28.8 Å². The van der Waals surface area contributed by atoms with Crippen LogP contribution in [0.2, 0.25) is 5.02 Å². The van der Waals surface area contributed by atoms with Gasteiger partial charge in [-0.05, 0) is 43.9 Å². The molecule has 2 atom stereocenters. The molecule has 2 rings (SSSR count). The lowest BCUT2D eigenvalue weighted by Gasteiger charge is -2.14. The average Bonchev–Trinajstić information content (AvgIpc) is 2.90. The number of ether oxygens (including phenoxy) is 1. The maximum absolute atomic E-state index is 12.1. The van der Waals surface area contributed by atoms with Gasteiger partial charge in [-0.2, -0.15) is 0 Å². The van der Waals surface area contributed by atoms with Gasteiger partial charge in [-0.3, -0.25) is 4.79 Å². The summed E-state index contributed by atoms with van der Waals surface area (Å²) in [5.74, 6) is 0.897. The molecule has 124 valence electrons. The molecule has 1 amide bonds. The summed E-state index contributed by atoms with van der Waals surface area (Å²) in [7, 11) is 0. The first-order chi connectivity index (χ1) is 10.1. The van der Waals surface area contributed by atoms with Gasteiger partial charge in [0, 0.05) is 29.1 Å². The van der Waals surface area contributed by atoms with Gasteiger partial charge in [0.15, 0.2) is 0 Å². The summed E-state index contributed by atoms with van der Waals surface area (Å²) < 4.78 is 5.69. The second kappa shape index (κ2) is 9.23. The number of benzene rings is 1. The minimum Gasteiger partial charge on any atom is -0.493 e. The zero-order valence-electron chi connectivity index (χ0n) is 12.8. The smallest absolute Gasteiger partial charge is 0.223 e. The Balaban J connectivity index is 0.00000242. The molecule has 0 saturated heterocycles. The predicted molar refractivity (Wildman–Crippen MR) is 91.6 cm³/mol. The summed E-state index contributed by atoms with van der Waals surface area (Å²) >= 11 is 6.03. The number of amides is 1. The zero-order valence-corrected chi connectivity index (χ0v) is 14.4. The third-order valence-corrected chi connectivity index (χ3v) is 4.02. The number of rotatable bonds is 6. The Morgan fingerprint density at radius 3 is 2.86 bits per heavy atom. The molecule has 22 heavy (non-hydrogen) atoms. The van der Waals surface area contributed by atoms with Crippen LogP contribution in [0.5, 0.6) is 5.75 Å². The highest BCUT2D eigenvalue weighted by Gasteiger charge is 2.27. The van der Waals surface area contributed by atoms with E-state index in [-0.39, 0.29) is 30.3 Å². The summed E-state index contributed by atoms with van der Waals surface area (Å²) in [6, 6.07) is 5.65. The first kappa shape index (κ1) is 19.1. The minimum atomic E-state index is 0. The van der Waals surface area contributed by atoms with Crippen molar-refractivity contribution >= 4 is 29.9 Å². The van der Waals surface area contributed by atoms with Crippen LogP contribution in [0, 0.1) is 5.92 Å². The van der Waals surface area contributed by atoms with Crippen LogP contribution in [0.1, 0.15) is 38.2 Å². The van der Waals surface area contributed by atoms with E-state index in [1.54, 1.807) is 6.07 Å². The highest BCUT2D eigenvalue weighted by Crippen LogP contribution is 2.26. The van der Waals surface area contributed by atoms with Crippen LogP contribution in [0.25, 0.3) is 0 Å². The summed E-state index contributed by atoms with van der Waals surface area (Å²) in [6.07, 6.45) is 3.52. The van der Waals surface area contributed by atoms with E-state index in [0.29, 0.717) is 18.2 Å². The van der Waals surface area contributed by atoms with E-state index in [0.717, 1.165) is 37.0 Å². The highest BCUT2D eigenvalue weighted by atomic mass is 35.5. The Labute approximate surface area is 143 Å². The summed E-state index contributed by atoms with van der Waals surface area (Å²) in [5, 5.41) is 3.62. The number of halogens is 2. The SMILES string of the molecule is CCCOc1ccc(Cl)cc1CNC(=O)[C@H]1CC[C@@H](N)C1.Cl. The van der Waals surface area contributed by atoms with Crippen molar-refractivity contribution in [2.24, 2.45) is 11.7 Å². The van der Waals surface area contributed by atoms with Crippen molar-refractivity contribution in [2.75, 3.05) is 6.61 Å². The molecule has 0 bridgehead atoms. The second-order valence-electron chi connectivity index (χ2n) is 5.59. The standard InChI is InChI=1S/C16H23ClN2O2.ClH/c1-2-7-21-15-6-4-13(17)8-12(15)10-19-16(20)11-3-5-14(18)9-11;/h4,6,8,11,14H,2-3,5,7,9-10,18H2,1H3,(H,19,20);1H/t11-,14+;/m0./s1. The van der Waals surface area contributed by atoms with Gasteiger partial charge in [0.05, 0.1) is 6.61 Å². The highest BCUT2D eigenvalue weighted by molar-refractivity contribution is 6.30. The number of nitrogens with one attached hydrogen (secondary N) is 1. The van der Waals surface area contributed by atoms with E-state index in [1.807, 2.05) is 12.1 Å². The van der Waals surface area contributed by atoms with E-state index >= 15 is 0 Å². The zero-order chi connectivity index (χ0) is 15.2. The van der Waals surface area contributed by atoms with E-state index in [9.17, 15) is 4.79 Å². The molecule has 6 heteroatoms. The first-order valence-electron chi connectivity index (χ1n) is 7.54. The molecule has 1 aliphatic carbocycles. The molecule has 1 fully saturated rings. The van der Waals surface area contributed by atoms with Crippen molar-refractivity contribution < 1.29 is 9.53 Å². The Kier molecular flexibility index (Phi) is 8.01. The Hall–Kier alpha value is -0.970. The van der Waals surface area contributed by atoms with Crippen LogP contribution in [-0.4, -0.2) is 18.6 Å². The fourth-order valence-electron chi connectivity index (χ4n) is 2.62. The largest absolute Gasteiger partial charge is 0.493 e. The van der Waals surface area contributed by atoms with Crippen LogP contribution in [0.4, 0.5) is 0 Å². The molecule has 1 saturated carbocycles. The van der Waals surface area contributed by atoms with E-state index in [4.69, 9.17) is 22.1 Å². The lowest BCUT2D eigenvalue weighted by atomic mass is 10.1. The Bertz CT molecular complexity index is 497. The van der Waals surface area contributed by atoms with Crippen molar-refractivity contribution in [3.63, 3.8) is 0 Å². The van der Waals surface area contributed by atoms with Crippen LogP contribution in [-0.2, 0) is 11.3 Å². The molecule has 0 spiro atoms. The normalized spacial score (nSPS) is 20.3. The van der Waals surface area contributed by atoms with Gasteiger partial charge in [0.2, 0.25) is 5.91 Å². The first-order valence-corrected chi connectivity index (χ1v) is 7.92. The maximum Gasteiger partial charge on any atom is 0.223 e. The average molecular weight is 347 g/mol. The Morgan fingerprint density at radius 2 is 2.23 bits per heavy atom. The molecule has 0 unspecified atom stereocenters. The van der Waals surface area contributed by atoms with Gasteiger partial charge < -0.3 is 15.8 Å². The van der Waals surface area contributed by atoms with E-state index in [1.165, 1.54) is 0 Å². The summed E-state index contributed by atoms with van der Waals surface area (Å²) in [4.78, 5) is 12.1. The molecule has 1 aliphatic rings. The molecular formula is C16H24Cl2N2O2. The van der Waals surface area contributed by atoms with Gasteiger partial charge in [-0.15, -0.1) is 12.4 Å². The van der Waals surface area contributed by atoms with Crippen molar-refractivity contribution in [3.8, 4) is 5.75 Å². The quantitative estimate of drug-likeness (QED) is 0.830. The molecule has 1 aromatic carbocycles. The fraction of sp³-hybridized carbons (Fsp3) is 0.562. The molecule has 0 heterocycles. The molecular weight excluding hydrogens is 323 g/mol.